The highest BCUT2D eigenvalue weighted by molar-refractivity contribution is 8.01. The van der Waals surface area contributed by atoms with E-state index in [9.17, 15) is 19.1 Å². The number of aliphatic hydroxyl groups excluding tert-OH is 1. The molecule has 4 rings (SSSR count). The van der Waals surface area contributed by atoms with E-state index in [1.807, 2.05) is 0 Å². The molecule has 0 fully saturated rings. The second-order valence-corrected chi connectivity index (χ2v) is 8.34. The molecule has 0 bridgehead atoms. The van der Waals surface area contributed by atoms with Crippen LogP contribution in [0.15, 0.2) is 75.4 Å². The van der Waals surface area contributed by atoms with Crippen LogP contribution in [0.4, 0.5) is 9.52 Å². The van der Waals surface area contributed by atoms with Gasteiger partial charge in [-0.05, 0) is 18.2 Å². The highest BCUT2D eigenvalue weighted by atomic mass is 32.2. The van der Waals surface area contributed by atoms with Crippen LogP contribution in [0.2, 0.25) is 0 Å². The summed E-state index contributed by atoms with van der Waals surface area (Å²) in [5.41, 5.74) is -0.240. The number of halogens is 1. The van der Waals surface area contributed by atoms with Crippen molar-refractivity contribution >= 4 is 39.9 Å². The summed E-state index contributed by atoms with van der Waals surface area (Å²) in [7, 11) is 0. The van der Waals surface area contributed by atoms with Gasteiger partial charge in [-0.25, -0.2) is 4.39 Å². The van der Waals surface area contributed by atoms with Gasteiger partial charge in [-0.15, -0.1) is 16.8 Å². The lowest BCUT2D eigenvalue weighted by Crippen LogP contribution is -2.31. The molecule has 3 heterocycles. The maximum absolute atomic E-state index is 14.7. The lowest BCUT2D eigenvalue weighted by Gasteiger charge is -2.24. The summed E-state index contributed by atoms with van der Waals surface area (Å²) >= 11 is 2.46. The Morgan fingerprint density at radius 1 is 1.33 bits per heavy atom. The number of Topliss-reactive ketones (excluding diaryl/α,β-unsaturated/α-hetero) is 1. The summed E-state index contributed by atoms with van der Waals surface area (Å²) in [4.78, 5) is 27.0. The molecule has 0 radical (unpaired) electrons. The number of hydrogen-bond acceptors (Lipinski definition) is 8. The van der Waals surface area contributed by atoms with Gasteiger partial charge in [0.05, 0.1) is 11.8 Å². The van der Waals surface area contributed by atoms with Gasteiger partial charge in [-0.3, -0.25) is 14.5 Å². The molecule has 152 valence electrons. The average Bonchev–Trinajstić information content (AvgIpc) is 3.48. The molecule has 0 spiro atoms. The predicted molar refractivity (Wildman–Crippen MR) is 110 cm³/mol. The normalized spacial score (nSPS) is 16.4. The minimum absolute atomic E-state index is 0.0419. The van der Waals surface area contributed by atoms with Crippen LogP contribution in [-0.2, 0) is 4.79 Å². The number of aromatic nitrogens is 2. The zero-order chi connectivity index (χ0) is 21.3. The largest absolute Gasteiger partial charge is 0.503 e. The topological polar surface area (TPSA) is 96.5 Å². The van der Waals surface area contributed by atoms with Crippen LogP contribution in [-0.4, -0.2) is 32.7 Å². The van der Waals surface area contributed by atoms with Gasteiger partial charge in [0.2, 0.25) is 10.9 Å². The Morgan fingerprint density at radius 3 is 2.83 bits per heavy atom. The van der Waals surface area contributed by atoms with Crippen molar-refractivity contribution in [3.05, 3.63) is 83.8 Å². The predicted octanol–water partition coefficient (Wildman–Crippen LogP) is 4.33. The molecule has 1 aromatic carbocycles. The van der Waals surface area contributed by atoms with Crippen LogP contribution in [0.25, 0.3) is 0 Å². The molecule has 2 aromatic heterocycles. The first-order chi connectivity index (χ1) is 14.5. The lowest BCUT2D eigenvalue weighted by atomic mass is 9.95. The number of rotatable bonds is 7. The van der Waals surface area contributed by atoms with Crippen molar-refractivity contribution in [3.63, 3.8) is 0 Å². The number of amides is 1. The first kappa shape index (κ1) is 20.0. The van der Waals surface area contributed by atoms with Gasteiger partial charge < -0.3 is 9.52 Å². The third-order valence-corrected chi connectivity index (χ3v) is 6.38. The molecule has 0 aliphatic carbocycles. The number of hydrogen-bond donors (Lipinski definition) is 1. The van der Waals surface area contributed by atoms with Crippen LogP contribution in [0.5, 0.6) is 0 Å². The average molecular weight is 443 g/mol. The first-order valence-corrected chi connectivity index (χ1v) is 10.5. The maximum atomic E-state index is 14.7. The van der Waals surface area contributed by atoms with Crippen LogP contribution in [0.3, 0.4) is 0 Å². The third kappa shape index (κ3) is 3.44. The fourth-order valence-corrected chi connectivity index (χ4v) is 4.68. The highest BCUT2D eigenvalue weighted by Gasteiger charge is 2.47. The van der Waals surface area contributed by atoms with Crippen molar-refractivity contribution in [3.8, 4) is 0 Å². The van der Waals surface area contributed by atoms with E-state index in [2.05, 4.69) is 16.8 Å². The monoisotopic (exact) mass is 443 g/mol. The van der Waals surface area contributed by atoms with Gasteiger partial charge in [0.15, 0.2) is 15.9 Å². The van der Waals surface area contributed by atoms with Gasteiger partial charge in [0.1, 0.15) is 11.9 Å². The van der Waals surface area contributed by atoms with E-state index < -0.39 is 29.3 Å². The third-order valence-electron chi connectivity index (χ3n) is 4.32. The van der Waals surface area contributed by atoms with E-state index >= 15 is 0 Å². The molecule has 30 heavy (non-hydrogen) atoms. The smallest absolute Gasteiger partial charge is 0.296 e. The number of aliphatic hydroxyl groups is 1. The Labute approximate surface area is 178 Å². The number of ketones is 1. The van der Waals surface area contributed by atoms with E-state index in [1.165, 1.54) is 48.4 Å². The summed E-state index contributed by atoms with van der Waals surface area (Å²) in [6.45, 7) is 3.64. The standard InChI is InChI=1S/C20H14FN3O4S2/c1-2-10-29-20-23-22-19(30-20)24-15(11-6-3-4-7-12(11)21)14(17(26)18(24)27)16(25)13-8-5-9-28-13/h2-9,15,26H,1,10H2/t15-/m0/s1. The Kier molecular flexibility index (Phi) is 5.51. The van der Waals surface area contributed by atoms with Crippen LogP contribution < -0.4 is 4.90 Å². The molecule has 0 unspecified atom stereocenters. The number of anilines is 1. The summed E-state index contributed by atoms with van der Waals surface area (Å²) in [5.74, 6) is -2.48. The molecule has 0 saturated carbocycles. The summed E-state index contributed by atoms with van der Waals surface area (Å²) in [6, 6.07) is 7.43. The van der Waals surface area contributed by atoms with Gasteiger partial charge in [0.25, 0.3) is 5.91 Å². The zero-order valence-electron chi connectivity index (χ0n) is 15.3. The Hall–Kier alpha value is -3.24. The molecular weight excluding hydrogens is 429 g/mol. The van der Waals surface area contributed by atoms with Crippen LogP contribution in [0, 0.1) is 5.82 Å². The molecule has 3 aromatic rings. The fourth-order valence-electron chi connectivity index (χ4n) is 3.05. The number of carbonyl (C=O) groups is 2. The molecule has 1 atom stereocenters. The Bertz CT molecular complexity index is 1160. The SMILES string of the molecule is C=CCSc1nnc(N2C(=O)C(O)=C(C(=O)c3ccco3)[C@@H]2c2ccccc2F)s1. The van der Waals surface area contributed by atoms with E-state index in [4.69, 9.17) is 4.42 Å². The minimum Gasteiger partial charge on any atom is -0.503 e. The summed E-state index contributed by atoms with van der Waals surface area (Å²) in [6.07, 6.45) is 2.99. The number of furan rings is 1. The number of thioether (sulfide) groups is 1. The molecule has 1 amide bonds. The number of nitrogens with zero attached hydrogens (tertiary/aromatic N) is 3. The molecule has 1 aliphatic heterocycles. The maximum Gasteiger partial charge on any atom is 0.296 e. The quantitative estimate of drug-likeness (QED) is 0.251. The lowest BCUT2D eigenvalue weighted by molar-refractivity contribution is -0.117. The molecule has 1 aliphatic rings. The minimum atomic E-state index is -1.22. The van der Waals surface area contributed by atoms with Gasteiger partial charge in [-0.2, -0.15) is 0 Å². The molecule has 10 heteroatoms. The molecule has 0 saturated heterocycles. The molecular formula is C20H14FN3O4S2. The molecule has 1 N–H and O–H groups in total. The molecule has 7 nitrogen and oxygen atoms in total. The second-order valence-electron chi connectivity index (χ2n) is 6.12. The fraction of sp³-hybridized carbons (Fsp3) is 0.100. The Balaban J connectivity index is 1.83. The van der Waals surface area contributed by atoms with Crippen molar-refractivity contribution in [2.24, 2.45) is 0 Å². The van der Waals surface area contributed by atoms with Crippen LogP contribution >= 0.6 is 23.1 Å². The van der Waals surface area contributed by atoms with E-state index in [0.717, 1.165) is 16.2 Å². The summed E-state index contributed by atoms with van der Waals surface area (Å²) < 4.78 is 20.4. The van der Waals surface area contributed by atoms with E-state index in [1.54, 1.807) is 12.1 Å². The van der Waals surface area contributed by atoms with Crippen molar-refractivity contribution in [2.45, 2.75) is 10.4 Å². The van der Waals surface area contributed by atoms with Gasteiger partial charge in [0, 0.05) is 11.3 Å². The van der Waals surface area contributed by atoms with E-state index in [0.29, 0.717) is 10.1 Å². The Morgan fingerprint density at radius 2 is 2.13 bits per heavy atom. The second kappa shape index (κ2) is 8.25. The van der Waals surface area contributed by atoms with Crippen molar-refractivity contribution in [1.82, 2.24) is 10.2 Å². The van der Waals surface area contributed by atoms with Crippen molar-refractivity contribution in [2.75, 3.05) is 10.7 Å². The zero-order valence-corrected chi connectivity index (χ0v) is 17.0. The number of carbonyl (C=O) groups excluding carboxylic acids is 2. The summed E-state index contributed by atoms with van der Waals surface area (Å²) in [5, 5.41) is 18.7. The van der Waals surface area contributed by atoms with Crippen molar-refractivity contribution in [1.29, 1.82) is 0 Å². The van der Waals surface area contributed by atoms with E-state index in [-0.39, 0.29) is 22.0 Å². The van der Waals surface area contributed by atoms with Gasteiger partial charge in [-0.1, -0.05) is 47.4 Å². The van der Waals surface area contributed by atoms with Crippen LogP contribution in [0.1, 0.15) is 22.2 Å². The number of benzene rings is 1. The first-order valence-electron chi connectivity index (χ1n) is 8.69. The van der Waals surface area contributed by atoms with Crippen molar-refractivity contribution < 1.29 is 23.5 Å². The van der Waals surface area contributed by atoms with Gasteiger partial charge >= 0.3 is 0 Å². The highest BCUT2D eigenvalue weighted by Crippen LogP contribution is 2.44.